The summed E-state index contributed by atoms with van der Waals surface area (Å²) in [5.74, 6) is -3.26. The lowest BCUT2D eigenvalue weighted by molar-refractivity contribution is -0.308. The van der Waals surface area contributed by atoms with Crippen molar-refractivity contribution in [3.63, 3.8) is 0 Å². The molecule has 0 bridgehead atoms. The molecule has 0 aliphatic rings. The standard InChI is InChI=1S/C13H16ClNO6S/c1-7(2)5-10(13(18)19)15-22(20,21)11-6-8(12(16)17)3-4-9(11)14/h3-4,6-7,10,15H,5H2,1-2H3,(H,16,17)(H,18,19)/p-2/t10-/m1/s1. The van der Waals surface area contributed by atoms with Gasteiger partial charge in [-0.3, -0.25) is 0 Å². The highest BCUT2D eigenvalue weighted by Crippen LogP contribution is 2.23. The number of sulfonamides is 1. The first-order valence-corrected chi connectivity index (χ1v) is 8.14. The van der Waals surface area contributed by atoms with E-state index >= 15 is 0 Å². The average molecular weight is 348 g/mol. The second-order valence-corrected chi connectivity index (χ2v) is 7.14. The highest BCUT2D eigenvalue weighted by molar-refractivity contribution is 7.89. The lowest BCUT2D eigenvalue weighted by atomic mass is 10.1. The number of halogens is 1. The fourth-order valence-corrected chi connectivity index (χ4v) is 3.47. The molecule has 7 nitrogen and oxygen atoms in total. The molecular formula is C13H14ClNO6S-2. The van der Waals surface area contributed by atoms with Crippen molar-refractivity contribution in [2.24, 2.45) is 5.92 Å². The van der Waals surface area contributed by atoms with Crippen LogP contribution in [-0.4, -0.2) is 26.4 Å². The van der Waals surface area contributed by atoms with Gasteiger partial charge < -0.3 is 19.8 Å². The summed E-state index contributed by atoms with van der Waals surface area (Å²) in [6, 6.07) is 1.52. The topological polar surface area (TPSA) is 126 Å². The summed E-state index contributed by atoms with van der Waals surface area (Å²) in [6.45, 7) is 3.43. The maximum Gasteiger partial charge on any atom is 0.242 e. The Hall–Kier alpha value is -1.64. The van der Waals surface area contributed by atoms with Crippen LogP contribution in [0.4, 0.5) is 0 Å². The Labute approximate surface area is 133 Å². The molecule has 1 rings (SSSR count). The van der Waals surface area contributed by atoms with Crippen LogP contribution in [0.25, 0.3) is 0 Å². The Kier molecular flexibility index (Phi) is 5.92. The molecule has 122 valence electrons. The van der Waals surface area contributed by atoms with Crippen molar-refractivity contribution in [2.75, 3.05) is 0 Å². The van der Waals surface area contributed by atoms with Crippen molar-refractivity contribution < 1.29 is 28.2 Å². The normalized spacial score (nSPS) is 13.1. The second-order valence-electron chi connectivity index (χ2n) is 5.06. The number of carboxylic acid groups (broad SMARTS) is 2. The van der Waals surface area contributed by atoms with Gasteiger partial charge in [0.15, 0.2) is 0 Å². The van der Waals surface area contributed by atoms with Gasteiger partial charge in [-0.2, -0.15) is 0 Å². The number of hydrogen-bond acceptors (Lipinski definition) is 6. The highest BCUT2D eigenvalue weighted by atomic mass is 35.5. The van der Waals surface area contributed by atoms with Gasteiger partial charge >= 0.3 is 0 Å². The van der Waals surface area contributed by atoms with E-state index in [0.717, 1.165) is 18.2 Å². The van der Waals surface area contributed by atoms with Gasteiger partial charge in [0.1, 0.15) is 4.90 Å². The highest BCUT2D eigenvalue weighted by Gasteiger charge is 2.24. The van der Waals surface area contributed by atoms with Crippen LogP contribution in [0.3, 0.4) is 0 Å². The van der Waals surface area contributed by atoms with Crippen molar-refractivity contribution in [2.45, 2.75) is 31.2 Å². The molecule has 0 saturated carbocycles. The number of carbonyl (C=O) groups excluding carboxylic acids is 2. The van der Waals surface area contributed by atoms with Gasteiger partial charge in [0.25, 0.3) is 0 Å². The van der Waals surface area contributed by atoms with E-state index in [2.05, 4.69) is 0 Å². The molecule has 0 spiro atoms. The van der Waals surface area contributed by atoms with Gasteiger partial charge in [-0.05, 0) is 30.0 Å². The Bertz CT molecular complexity index is 686. The quantitative estimate of drug-likeness (QED) is 0.684. The van der Waals surface area contributed by atoms with Crippen molar-refractivity contribution >= 4 is 33.6 Å². The molecule has 0 aromatic heterocycles. The summed E-state index contributed by atoms with van der Waals surface area (Å²) in [5, 5.41) is 21.6. The summed E-state index contributed by atoms with van der Waals surface area (Å²) in [7, 11) is -4.33. The molecule has 0 saturated heterocycles. The maximum atomic E-state index is 12.2. The number of rotatable bonds is 7. The molecule has 1 atom stereocenters. The molecule has 9 heteroatoms. The first kappa shape index (κ1) is 18.4. The molecule has 0 unspecified atom stereocenters. The molecule has 1 N–H and O–H groups in total. The van der Waals surface area contributed by atoms with Gasteiger partial charge in [0.05, 0.1) is 23.0 Å². The second kappa shape index (κ2) is 7.08. The third-order valence-corrected chi connectivity index (χ3v) is 4.70. The minimum Gasteiger partial charge on any atom is -0.548 e. The van der Waals surface area contributed by atoms with E-state index in [1.54, 1.807) is 13.8 Å². The number of carboxylic acids is 2. The van der Waals surface area contributed by atoms with Gasteiger partial charge in [0.2, 0.25) is 10.0 Å². The summed E-state index contributed by atoms with van der Waals surface area (Å²) in [4.78, 5) is 21.3. The number of aromatic carboxylic acids is 1. The first-order valence-electron chi connectivity index (χ1n) is 6.28. The van der Waals surface area contributed by atoms with Crippen LogP contribution in [0.2, 0.25) is 5.02 Å². The lowest BCUT2D eigenvalue weighted by Crippen LogP contribution is -2.48. The van der Waals surface area contributed by atoms with E-state index in [4.69, 9.17) is 11.6 Å². The van der Waals surface area contributed by atoms with Crippen molar-refractivity contribution in [1.29, 1.82) is 0 Å². The van der Waals surface area contributed by atoms with Gasteiger partial charge in [-0.15, -0.1) is 0 Å². The number of nitrogens with one attached hydrogen (secondary N) is 1. The van der Waals surface area contributed by atoms with Crippen molar-refractivity contribution in [3.05, 3.63) is 28.8 Å². The Morgan fingerprint density at radius 3 is 2.32 bits per heavy atom. The summed E-state index contributed by atoms with van der Waals surface area (Å²) >= 11 is 5.76. The summed E-state index contributed by atoms with van der Waals surface area (Å²) in [6.07, 6.45) is 0.0133. The SMILES string of the molecule is CC(C)C[C@@H](NS(=O)(=O)c1cc(C(=O)[O-])ccc1Cl)C(=O)[O-]. The van der Waals surface area contributed by atoms with E-state index in [0.29, 0.717) is 0 Å². The van der Waals surface area contributed by atoms with Crippen LogP contribution < -0.4 is 14.9 Å². The monoisotopic (exact) mass is 347 g/mol. The molecule has 0 aliphatic heterocycles. The Balaban J connectivity index is 3.20. The third-order valence-electron chi connectivity index (χ3n) is 2.75. The predicted molar refractivity (Wildman–Crippen MR) is 74.4 cm³/mol. The zero-order valence-corrected chi connectivity index (χ0v) is 13.4. The van der Waals surface area contributed by atoms with Gasteiger partial charge in [-0.25, -0.2) is 13.1 Å². The lowest BCUT2D eigenvalue weighted by Gasteiger charge is -2.22. The largest absolute Gasteiger partial charge is 0.548 e. The zero-order chi connectivity index (χ0) is 17.1. The number of benzene rings is 1. The van der Waals surface area contributed by atoms with Crippen LogP contribution in [0.15, 0.2) is 23.1 Å². The molecule has 0 heterocycles. The van der Waals surface area contributed by atoms with E-state index in [1.807, 2.05) is 4.72 Å². The fraction of sp³-hybridized carbons (Fsp3) is 0.385. The number of hydrogen-bond donors (Lipinski definition) is 1. The molecule has 22 heavy (non-hydrogen) atoms. The molecule has 1 aromatic rings. The van der Waals surface area contributed by atoms with E-state index in [9.17, 15) is 28.2 Å². The van der Waals surface area contributed by atoms with Crippen molar-refractivity contribution in [1.82, 2.24) is 4.72 Å². The maximum absolute atomic E-state index is 12.2. The molecule has 0 aliphatic carbocycles. The zero-order valence-electron chi connectivity index (χ0n) is 11.8. The third kappa shape index (κ3) is 4.69. The van der Waals surface area contributed by atoms with Crippen LogP contribution >= 0.6 is 11.6 Å². The van der Waals surface area contributed by atoms with Gasteiger partial charge in [-0.1, -0.05) is 31.5 Å². The van der Waals surface area contributed by atoms with Crippen LogP contribution in [0.5, 0.6) is 0 Å². The van der Waals surface area contributed by atoms with Crippen molar-refractivity contribution in [3.8, 4) is 0 Å². The number of carbonyl (C=O) groups is 2. The van der Waals surface area contributed by atoms with E-state index in [-0.39, 0.29) is 17.4 Å². The van der Waals surface area contributed by atoms with Crippen LogP contribution in [0, 0.1) is 5.92 Å². The summed E-state index contributed by atoms with van der Waals surface area (Å²) < 4.78 is 26.4. The van der Waals surface area contributed by atoms with Crippen LogP contribution in [0.1, 0.15) is 30.6 Å². The molecule has 0 fully saturated rings. The summed E-state index contributed by atoms with van der Waals surface area (Å²) in [5.41, 5.74) is -0.390. The van der Waals surface area contributed by atoms with Crippen LogP contribution in [-0.2, 0) is 14.8 Å². The molecule has 0 amide bonds. The Morgan fingerprint density at radius 2 is 1.86 bits per heavy atom. The van der Waals surface area contributed by atoms with Gasteiger partial charge in [0, 0.05) is 0 Å². The smallest absolute Gasteiger partial charge is 0.242 e. The first-order chi connectivity index (χ1) is 10.0. The average Bonchev–Trinajstić information content (AvgIpc) is 2.36. The number of aliphatic carboxylic acids is 1. The molecule has 1 aromatic carbocycles. The Morgan fingerprint density at radius 1 is 1.27 bits per heavy atom. The molecule has 0 radical (unpaired) electrons. The fourth-order valence-electron chi connectivity index (χ4n) is 1.75. The molecular weight excluding hydrogens is 334 g/mol. The van der Waals surface area contributed by atoms with E-state index in [1.165, 1.54) is 0 Å². The minimum atomic E-state index is -4.33. The predicted octanol–water partition coefficient (Wildman–Crippen LogP) is -0.854. The van der Waals surface area contributed by atoms with E-state index < -0.39 is 38.5 Å². The minimum absolute atomic E-state index is 0.0133.